The number of sulfonamides is 1. The Morgan fingerprint density at radius 1 is 1.24 bits per heavy atom. The van der Waals surface area contributed by atoms with E-state index >= 15 is 0 Å². The number of hydrogen-bond acceptors (Lipinski definition) is 9. The van der Waals surface area contributed by atoms with E-state index in [4.69, 9.17) is 4.74 Å². The number of aromatic nitrogens is 4. The molecule has 2 N–H and O–H groups in total. The number of ether oxygens (including phenoxy) is 1. The normalized spacial score (nSPS) is 15.7. The van der Waals surface area contributed by atoms with E-state index in [0.29, 0.717) is 32.8 Å². The number of carbonyl (C=O) groups excluding carboxylic acids is 1. The molecule has 0 saturated carbocycles. The lowest BCUT2D eigenvalue weighted by molar-refractivity contribution is -0.116. The molecule has 0 aliphatic carbocycles. The number of fused-ring (bicyclic) bond motifs is 1. The van der Waals surface area contributed by atoms with Gasteiger partial charge in [0.1, 0.15) is 0 Å². The number of imidazole rings is 1. The van der Waals surface area contributed by atoms with E-state index in [-0.39, 0.29) is 27.8 Å². The third-order valence-corrected chi connectivity index (χ3v) is 6.59. The van der Waals surface area contributed by atoms with Gasteiger partial charge in [-0.15, -0.1) is 0 Å². The number of nitrogens with zero attached hydrogens (tertiary/aromatic N) is 4. The molecule has 0 radical (unpaired) electrons. The van der Waals surface area contributed by atoms with Crippen LogP contribution in [0.5, 0.6) is 0 Å². The highest BCUT2D eigenvalue weighted by Gasteiger charge is 2.19. The predicted octanol–water partition coefficient (Wildman–Crippen LogP) is -2.17. The van der Waals surface area contributed by atoms with Crippen LogP contribution in [0, 0.1) is 0 Å². The molecule has 29 heavy (non-hydrogen) atoms. The van der Waals surface area contributed by atoms with Gasteiger partial charge in [-0.1, -0.05) is 11.8 Å². The molecule has 14 heteroatoms. The standard InChI is InChI=1S/C15H22N6O6S2/c1-19-12-11(13(23)20(2)15(19)24)16-14(17-12)28-9-10(22)18-29(25,26)8-5-21-3-6-27-7-4-21/h3-9H2,1-2H3,(H,16,17)(H,18,22). The summed E-state index contributed by atoms with van der Waals surface area (Å²) in [7, 11) is -0.925. The molecule has 12 nitrogen and oxygen atoms in total. The molecule has 3 rings (SSSR count). The van der Waals surface area contributed by atoms with Crippen LogP contribution in [0.25, 0.3) is 11.2 Å². The number of hydrogen-bond donors (Lipinski definition) is 2. The van der Waals surface area contributed by atoms with Gasteiger partial charge in [-0.25, -0.2) is 18.2 Å². The average molecular weight is 447 g/mol. The van der Waals surface area contributed by atoms with Crippen LogP contribution in [0.1, 0.15) is 0 Å². The summed E-state index contributed by atoms with van der Waals surface area (Å²) in [6.07, 6.45) is 0. The molecule has 0 unspecified atom stereocenters. The molecule has 0 bridgehead atoms. The van der Waals surface area contributed by atoms with Crippen LogP contribution in [0.3, 0.4) is 0 Å². The number of rotatable bonds is 7. The van der Waals surface area contributed by atoms with Crippen molar-refractivity contribution in [1.29, 1.82) is 0 Å². The maximum Gasteiger partial charge on any atom is 0.332 e. The highest BCUT2D eigenvalue weighted by Crippen LogP contribution is 2.16. The van der Waals surface area contributed by atoms with Gasteiger partial charge >= 0.3 is 5.69 Å². The first-order valence-electron chi connectivity index (χ1n) is 8.80. The summed E-state index contributed by atoms with van der Waals surface area (Å²) in [6, 6.07) is 0. The van der Waals surface area contributed by atoms with Crippen molar-refractivity contribution in [2.75, 3.05) is 44.4 Å². The third-order valence-electron chi connectivity index (χ3n) is 4.46. The van der Waals surface area contributed by atoms with Crippen molar-refractivity contribution in [2.24, 2.45) is 14.1 Å². The number of aromatic amines is 1. The number of amides is 1. The minimum Gasteiger partial charge on any atom is -0.379 e. The van der Waals surface area contributed by atoms with Crippen molar-refractivity contribution < 1.29 is 17.9 Å². The summed E-state index contributed by atoms with van der Waals surface area (Å²) in [5, 5.41) is 0.235. The number of morpholine rings is 1. The molecular formula is C15H22N6O6S2. The molecule has 2 aromatic rings. The molecule has 3 heterocycles. The Morgan fingerprint density at radius 2 is 1.93 bits per heavy atom. The fourth-order valence-electron chi connectivity index (χ4n) is 2.84. The Bertz CT molecular complexity index is 1130. The van der Waals surface area contributed by atoms with Gasteiger partial charge in [0.2, 0.25) is 15.9 Å². The second-order valence-electron chi connectivity index (χ2n) is 6.53. The molecule has 1 fully saturated rings. The van der Waals surface area contributed by atoms with Crippen molar-refractivity contribution in [3.05, 3.63) is 20.8 Å². The minimum atomic E-state index is -3.76. The smallest absolute Gasteiger partial charge is 0.332 e. The van der Waals surface area contributed by atoms with Crippen LogP contribution in [0.15, 0.2) is 14.7 Å². The quantitative estimate of drug-likeness (QED) is 0.453. The Hall–Kier alpha value is -2.16. The Morgan fingerprint density at radius 3 is 2.62 bits per heavy atom. The Kier molecular flexibility index (Phi) is 6.45. The maximum atomic E-state index is 12.1. The number of nitrogens with one attached hydrogen (secondary N) is 2. The summed E-state index contributed by atoms with van der Waals surface area (Å²) in [5.74, 6) is -1.10. The Labute approximate surface area is 170 Å². The zero-order chi connectivity index (χ0) is 21.2. The zero-order valence-electron chi connectivity index (χ0n) is 16.0. The summed E-state index contributed by atoms with van der Waals surface area (Å²) >= 11 is 0.937. The van der Waals surface area contributed by atoms with Gasteiger partial charge in [-0.05, 0) is 0 Å². The molecule has 1 saturated heterocycles. The predicted molar refractivity (Wildman–Crippen MR) is 106 cm³/mol. The monoisotopic (exact) mass is 446 g/mol. The average Bonchev–Trinajstić information content (AvgIpc) is 3.13. The molecule has 160 valence electrons. The van der Waals surface area contributed by atoms with Gasteiger partial charge in [-0.2, -0.15) is 0 Å². The topological polar surface area (TPSA) is 148 Å². The number of aryl methyl sites for hydroxylation is 1. The highest BCUT2D eigenvalue weighted by atomic mass is 32.2. The lowest BCUT2D eigenvalue weighted by atomic mass is 10.4. The molecule has 0 spiro atoms. The van der Waals surface area contributed by atoms with Crippen LogP contribution in [-0.2, 0) is 33.7 Å². The van der Waals surface area contributed by atoms with Gasteiger partial charge < -0.3 is 9.72 Å². The van der Waals surface area contributed by atoms with Gasteiger partial charge in [-0.3, -0.25) is 28.3 Å². The van der Waals surface area contributed by atoms with E-state index in [0.717, 1.165) is 16.3 Å². The molecule has 0 aromatic carbocycles. The summed E-state index contributed by atoms with van der Waals surface area (Å²) in [5.41, 5.74) is -0.748. The third kappa shape index (κ3) is 5.07. The van der Waals surface area contributed by atoms with Gasteiger partial charge in [0.15, 0.2) is 16.3 Å². The van der Waals surface area contributed by atoms with Gasteiger partial charge in [0, 0.05) is 33.7 Å². The van der Waals surface area contributed by atoms with Gasteiger partial charge in [0.05, 0.1) is 24.7 Å². The van der Waals surface area contributed by atoms with E-state index in [2.05, 4.69) is 9.97 Å². The summed E-state index contributed by atoms with van der Waals surface area (Å²) in [6.45, 7) is 2.77. The van der Waals surface area contributed by atoms with Crippen molar-refractivity contribution >= 4 is 38.9 Å². The lowest BCUT2D eigenvalue weighted by Crippen LogP contribution is -2.42. The molecular weight excluding hydrogens is 424 g/mol. The second-order valence-corrected chi connectivity index (χ2v) is 9.34. The maximum absolute atomic E-state index is 12.1. The van der Waals surface area contributed by atoms with Gasteiger partial charge in [0.25, 0.3) is 5.56 Å². The van der Waals surface area contributed by atoms with E-state index in [1.807, 2.05) is 9.62 Å². The van der Waals surface area contributed by atoms with Crippen molar-refractivity contribution in [2.45, 2.75) is 5.16 Å². The van der Waals surface area contributed by atoms with Crippen molar-refractivity contribution in [3.63, 3.8) is 0 Å². The first-order chi connectivity index (χ1) is 13.7. The van der Waals surface area contributed by atoms with Crippen LogP contribution in [0.4, 0.5) is 0 Å². The largest absolute Gasteiger partial charge is 0.379 e. The second kappa shape index (κ2) is 8.69. The van der Waals surface area contributed by atoms with E-state index in [1.54, 1.807) is 0 Å². The van der Waals surface area contributed by atoms with Crippen molar-refractivity contribution in [3.8, 4) is 0 Å². The SMILES string of the molecule is Cn1c(=O)c2[nH]c(SCC(=O)NS(=O)(=O)CCN3CCOCC3)nc2n(C)c1=O. The van der Waals surface area contributed by atoms with Crippen LogP contribution >= 0.6 is 11.8 Å². The molecule has 1 amide bonds. The lowest BCUT2D eigenvalue weighted by Gasteiger charge is -2.26. The fourth-order valence-corrected chi connectivity index (χ4v) is 4.61. The molecule has 0 atom stereocenters. The van der Waals surface area contributed by atoms with Crippen LogP contribution in [-0.4, -0.2) is 82.7 Å². The van der Waals surface area contributed by atoms with Crippen LogP contribution < -0.4 is 16.0 Å². The van der Waals surface area contributed by atoms with E-state index < -0.39 is 27.2 Å². The molecule has 1 aliphatic rings. The first kappa shape index (κ1) is 21.5. The zero-order valence-corrected chi connectivity index (χ0v) is 17.6. The Balaban J connectivity index is 1.59. The summed E-state index contributed by atoms with van der Waals surface area (Å²) in [4.78, 5) is 45.0. The number of carbonyl (C=O) groups is 1. The fraction of sp³-hybridized carbons (Fsp3) is 0.600. The summed E-state index contributed by atoms with van der Waals surface area (Å²) < 4.78 is 33.6. The van der Waals surface area contributed by atoms with E-state index in [1.165, 1.54) is 18.7 Å². The molecule has 2 aromatic heterocycles. The minimum absolute atomic E-state index is 0.135. The van der Waals surface area contributed by atoms with Crippen LogP contribution in [0.2, 0.25) is 0 Å². The highest BCUT2D eigenvalue weighted by molar-refractivity contribution is 8.00. The first-order valence-corrected chi connectivity index (χ1v) is 11.4. The van der Waals surface area contributed by atoms with E-state index in [9.17, 15) is 22.8 Å². The van der Waals surface area contributed by atoms with Crippen molar-refractivity contribution in [1.82, 2.24) is 28.7 Å². The number of H-pyrrole nitrogens is 1. The number of thioether (sulfide) groups is 1. The molecule has 1 aliphatic heterocycles.